The second-order valence-corrected chi connectivity index (χ2v) is 3.49. The van der Waals surface area contributed by atoms with Gasteiger partial charge in [-0.15, -0.1) is 11.6 Å². The third kappa shape index (κ3) is 4.69. The van der Waals surface area contributed by atoms with Crippen molar-refractivity contribution >= 4 is 23.4 Å². The van der Waals surface area contributed by atoms with Crippen molar-refractivity contribution in [3.8, 4) is 5.75 Å². The first-order valence-electron chi connectivity index (χ1n) is 4.89. The van der Waals surface area contributed by atoms with Crippen LogP contribution >= 0.6 is 11.6 Å². The predicted molar refractivity (Wildman–Crippen MR) is 62.5 cm³/mol. The van der Waals surface area contributed by atoms with E-state index in [1.807, 2.05) is 0 Å². The Hall–Kier alpha value is -1.82. The molecule has 0 atom stereocenters. The monoisotopic (exact) mass is 258 g/mol. The van der Waals surface area contributed by atoms with Gasteiger partial charge >= 0.3 is 6.09 Å². The molecule has 1 aromatic carbocycles. The van der Waals surface area contributed by atoms with Crippen molar-refractivity contribution in [1.82, 2.24) is 5.32 Å². The summed E-state index contributed by atoms with van der Waals surface area (Å²) < 4.78 is 4.88. The molecule has 0 unspecified atom stereocenters. The fourth-order valence-corrected chi connectivity index (χ4v) is 1.17. The number of nitro benzene ring substituents is 1. The lowest BCUT2D eigenvalue weighted by molar-refractivity contribution is -0.384. The highest BCUT2D eigenvalue weighted by Gasteiger charge is 2.07. The number of non-ortho nitro benzene ring substituents is 1. The summed E-state index contributed by atoms with van der Waals surface area (Å²) in [6, 6.07) is 5.25. The molecule has 1 amide bonds. The number of ether oxygens (including phenoxy) is 1. The highest BCUT2D eigenvalue weighted by atomic mass is 35.5. The van der Waals surface area contributed by atoms with E-state index in [-0.39, 0.29) is 11.4 Å². The molecule has 92 valence electrons. The van der Waals surface area contributed by atoms with Gasteiger partial charge in [0.2, 0.25) is 0 Å². The SMILES string of the molecule is O=C(NCCCCl)Oc1ccc([N+](=O)[O-])cc1. The minimum absolute atomic E-state index is 0.0556. The van der Waals surface area contributed by atoms with E-state index in [0.717, 1.165) is 0 Å². The molecule has 0 radical (unpaired) electrons. The van der Waals surface area contributed by atoms with Crippen LogP contribution in [0.25, 0.3) is 0 Å². The van der Waals surface area contributed by atoms with E-state index in [2.05, 4.69) is 5.32 Å². The average molecular weight is 259 g/mol. The molecule has 0 bridgehead atoms. The lowest BCUT2D eigenvalue weighted by atomic mass is 10.3. The number of nitro groups is 1. The molecule has 0 aliphatic rings. The van der Waals surface area contributed by atoms with Crippen molar-refractivity contribution in [2.24, 2.45) is 0 Å². The first-order chi connectivity index (χ1) is 8.13. The van der Waals surface area contributed by atoms with Crippen molar-refractivity contribution in [3.05, 3.63) is 34.4 Å². The summed E-state index contributed by atoms with van der Waals surface area (Å²) in [4.78, 5) is 21.1. The Morgan fingerprint density at radius 1 is 1.41 bits per heavy atom. The van der Waals surface area contributed by atoms with Crippen molar-refractivity contribution in [2.45, 2.75) is 6.42 Å². The molecule has 1 N–H and O–H groups in total. The molecule has 17 heavy (non-hydrogen) atoms. The van der Waals surface area contributed by atoms with E-state index < -0.39 is 11.0 Å². The van der Waals surface area contributed by atoms with Gasteiger partial charge in [0.15, 0.2) is 0 Å². The van der Waals surface area contributed by atoms with E-state index >= 15 is 0 Å². The van der Waals surface area contributed by atoms with Crippen LogP contribution in [0, 0.1) is 10.1 Å². The molecular weight excluding hydrogens is 248 g/mol. The molecule has 0 fully saturated rings. The van der Waals surface area contributed by atoms with E-state index in [1.165, 1.54) is 24.3 Å². The zero-order valence-corrected chi connectivity index (χ0v) is 9.64. The molecule has 0 saturated heterocycles. The zero-order chi connectivity index (χ0) is 12.7. The van der Waals surface area contributed by atoms with Gasteiger partial charge in [0, 0.05) is 24.6 Å². The third-order valence-corrected chi connectivity index (χ3v) is 2.11. The minimum atomic E-state index is -0.607. The second-order valence-electron chi connectivity index (χ2n) is 3.11. The molecule has 0 spiro atoms. The predicted octanol–water partition coefficient (Wildman–Crippen LogP) is 2.31. The largest absolute Gasteiger partial charge is 0.412 e. The highest BCUT2D eigenvalue weighted by molar-refractivity contribution is 6.17. The summed E-state index contributed by atoms with van der Waals surface area (Å²) in [6.45, 7) is 0.426. The first kappa shape index (κ1) is 13.2. The van der Waals surface area contributed by atoms with Gasteiger partial charge in [-0.25, -0.2) is 4.79 Å². The summed E-state index contributed by atoms with van der Waals surface area (Å²) >= 11 is 5.44. The van der Waals surface area contributed by atoms with Crippen LogP contribution in [0.1, 0.15) is 6.42 Å². The highest BCUT2D eigenvalue weighted by Crippen LogP contribution is 2.17. The second kappa shape index (κ2) is 6.70. The average Bonchev–Trinajstić information content (AvgIpc) is 2.30. The molecule has 0 aromatic heterocycles. The van der Waals surface area contributed by atoms with Crippen LogP contribution < -0.4 is 10.1 Å². The van der Waals surface area contributed by atoms with E-state index in [0.29, 0.717) is 18.8 Å². The summed E-state index contributed by atoms with van der Waals surface area (Å²) in [6.07, 6.45) is 0.0423. The molecule has 7 heteroatoms. The summed E-state index contributed by atoms with van der Waals surface area (Å²) in [7, 11) is 0. The van der Waals surface area contributed by atoms with Gasteiger partial charge in [-0.05, 0) is 18.6 Å². The van der Waals surface area contributed by atoms with Crippen LogP contribution in [0.5, 0.6) is 5.75 Å². The van der Waals surface area contributed by atoms with E-state index in [4.69, 9.17) is 16.3 Å². The quantitative estimate of drug-likeness (QED) is 0.380. The van der Waals surface area contributed by atoms with Gasteiger partial charge in [0.05, 0.1) is 4.92 Å². The number of amides is 1. The van der Waals surface area contributed by atoms with Crippen molar-refractivity contribution in [2.75, 3.05) is 12.4 Å². The summed E-state index contributed by atoms with van der Waals surface area (Å²) in [5.74, 6) is 0.705. The Morgan fingerprint density at radius 3 is 2.59 bits per heavy atom. The number of rotatable bonds is 5. The van der Waals surface area contributed by atoms with Crippen molar-refractivity contribution in [3.63, 3.8) is 0 Å². The Balaban J connectivity index is 2.46. The minimum Gasteiger partial charge on any atom is -0.410 e. The number of carbonyl (C=O) groups excluding carboxylic acids is 1. The Labute approximate surface area is 103 Å². The van der Waals surface area contributed by atoms with Crippen LogP contribution in [-0.4, -0.2) is 23.4 Å². The normalized spacial score (nSPS) is 9.71. The molecule has 6 nitrogen and oxygen atoms in total. The maximum atomic E-state index is 11.2. The standard InChI is InChI=1S/C10H11ClN2O4/c11-6-1-7-12-10(14)17-9-4-2-8(3-5-9)13(15)16/h2-5H,1,6-7H2,(H,12,14). The number of hydrogen-bond acceptors (Lipinski definition) is 4. The molecular formula is C10H11ClN2O4. The van der Waals surface area contributed by atoms with E-state index in [1.54, 1.807) is 0 Å². The number of halogens is 1. The van der Waals surface area contributed by atoms with Crippen LogP contribution in [0.4, 0.5) is 10.5 Å². The first-order valence-corrected chi connectivity index (χ1v) is 5.43. The van der Waals surface area contributed by atoms with Crippen molar-refractivity contribution in [1.29, 1.82) is 0 Å². The van der Waals surface area contributed by atoms with Crippen LogP contribution in [-0.2, 0) is 0 Å². The maximum Gasteiger partial charge on any atom is 0.412 e. The zero-order valence-electron chi connectivity index (χ0n) is 8.89. The number of nitrogens with zero attached hydrogens (tertiary/aromatic N) is 1. The third-order valence-electron chi connectivity index (χ3n) is 1.84. The van der Waals surface area contributed by atoms with Crippen LogP contribution in [0.3, 0.4) is 0 Å². The maximum absolute atomic E-state index is 11.2. The van der Waals surface area contributed by atoms with Gasteiger partial charge in [-0.3, -0.25) is 10.1 Å². The molecule has 1 aromatic rings. The Bertz CT molecular complexity index is 394. The topological polar surface area (TPSA) is 81.5 Å². The van der Waals surface area contributed by atoms with Gasteiger partial charge in [0.1, 0.15) is 5.75 Å². The smallest absolute Gasteiger partial charge is 0.410 e. The fraction of sp³-hybridized carbons (Fsp3) is 0.300. The van der Waals surface area contributed by atoms with Gasteiger partial charge in [0.25, 0.3) is 5.69 Å². The molecule has 0 aliphatic carbocycles. The van der Waals surface area contributed by atoms with Crippen molar-refractivity contribution < 1.29 is 14.5 Å². The number of alkyl halides is 1. The van der Waals surface area contributed by atoms with Gasteiger partial charge in [-0.1, -0.05) is 0 Å². The lowest BCUT2D eigenvalue weighted by Gasteiger charge is -2.05. The molecule has 0 heterocycles. The summed E-state index contributed by atoms with van der Waals surface area (Å²) in [5, 5.41) is 12.9. The number of hydrogen-bond donors (Lipinski definition) is 1. The number of nitrogens with one attached hydrogen (secondary N) is 1. The van der Waals surface area contributed by atoms with E-state index in [9.17, 15) is 14.9 Å². The molecule has 0 saturated carbocycles. The lowest BCUT2D eigenvalue weighted by Crippen LogP contribution is -2.27. The Kier molecular flexibility index (Phi) is 5.22. The van der Waals surface area contributed by atoms with Crippen LogP contribution in [0.2, 0.25) is 0 Å². The summed E-state index contributed by atoms with van der Waals surface area (Å²) in [5.41, 5.74) is -0.0556. The number of benzene rings is 1. The molecule has 0 aliphatic heterocycles. The van der Waals surface area contributed by atoms with Gasteiger partial charge in [-0.2, -0.15) is 0 Å². The Morgan fingerprint density at radius 2 is 2.06 bits per heavy atom. The van der Waals surface area contributed by atoms with Gasteiger partial charge < -0.3 is 10.1 Å². The fourth-order valence-electron chi connectivity index (χ4n) is 1.04. The number of carbonyl (C=O) groups is 1. The molecule has 1 rings (SSSR count). The van der Waals surface area contributed by atoms with Crippen LogP contribution in [0.15, 0.2) is 24.3 Å².